The van der Waals surface area contributed by atoms with Crippen molar-refractivity contribution in [2.75, 3.05) is 5.75 Å². The molecule has 1 atom stereocenters. The molecular formula is C11H19NO3S. The van der Waals surface area contributed by atoms with Gasteiger partial charge in [-0.3, -0.25) is 4.79 Å². The number of carbonyl (C=O) groups excluding carboxylic acids is 1. The first-order valence-corrected chi connectivity index (χ1v) is 6.83. The maximum Gasteiger partial charge on any atom is 0.327 e. The van der Waals surface area contributed by atoms with Gasteiger partial charge in [0, 0.05) is 11.0 Å². The molecule has 0 spiro atoms. The van der Waals surface area contributed by atoms with Gasteiger partial charge in [0.15, 0.2) is 0 Å². The lowest BCUT2D eigenvalue weighted by atomic mass is 10.2. The third kappa shape index (κ3) is 4.88. The molecule has 1 unspecified atom stereocenters. The number of aliphatic carboxylic acids is 1. The van der Waals surface area contributed by atoms with Gasteiger partial charge in [0.2, 0.25) is 6.41 Å². The maximum absolute atomic E-state index is 10.8. The van der Waals surface area contributed by atoms with Gasteiger partial charge in [0.25, 0.3) is 0 Å². The van der Waals surface area contributed by atoms with Gasteiger partial charge < -0.3 is 10.4 Å². The van der Waals surface area contributed by atoms with Crippen LogP contribution in [0.4, 0.5) is 0 Å². The summed E-state index contributed by atoms with van der Waals surface area (Å²) in [6.07, 6.45) is 7.91. The molecule has 1 rings (SSSR count). The van der Waals surface area contributed by atoms with E-state index in [4.69, 9.17) is 5.11 Å². The molecule has 4 nitrogen and oxygen atoms in total. The van der Waals surface area contributed by atoms with Crippen LogP contribution in [0.1, 0.15) is 38.5 Å². The van der Waals surface area contributed by atoms with Gasteiger partial charge in [-0.1, -0.05) is 25.7 Å². The lowest BCUT2D eigenvalue weighted by Crippen LogP contribution is -2.38. The summed E-state index contributed by atoms with van der Waals surface area (Å²) >= 11 is 1.68. The van der Waals surface area contributed by atoms with Crippen LogP contribution in [0.2, 0.25) is 0 Å². The summed E-state index contributed by atoms with van der Waals surface area (Å²) in [6, 6.07) is -0.745. The van der Waals surface area contributed by atoms with Crippen molar-refractivity contribution in [2.24, 2.45) is 0 Å². The number of carbonyl (C=O) groups is 2. The van der Waals surface area contributed by atoms with Crippen molar-refractivity contribution in [3.05, 3.63) is 0 Å². The van der Waals surface area contributed by atoms with Gasteiger partial charge in [-0.25, -0.2) is 4.79 Å². The first kappa shape index (κ1) is 13.4. The number of hydrogen-bond acceptors (Lipinski definition) is 3. The molecule has 92 valence electrons. The van der Waals surface area contributed by atoms with Crippen molar-refractivity contribution in [3.8, 4) is 0 Å². The summed E-state index contributed by atoms with van der Waals surface area (Å²) in [7, 11) is 0. The highest BCUT2D eigenvalue weighted by Crippen LogP contribution is 2.27. The standard InChI is InChI=1S/C11H19NO3S/c13-8-12-10(11(14)15)7-16-9-5-3-1-2-4-6-9/h8-10H,1-7H2,(H,12,13)(H,14,15). The highest BCUT2D eigenvalue weighted by Gasteiger charge is 2.19. The molecule has 1 amide bonds. The van der Waals surface area contributed by atoms with Crippen LogP contribution in [-0.2, 0) is 9.59 Å². The second-order valence-corrected chi connectivity index (χ2v) is 5.46. The van der Waals surface area contributed by atoms with Crippen molar-refractivity contribution in [3.63, 3.8) is 0 Å². The Morgan fingerprint density at radius 3 is 2.50 bits per heavy atom. The second kappa shape index (κ2) is 7.54. The van der Waals surface area contributed by atoms with Crippen LogP contribution in [-0.4, -0.2) is 34.5 Å². The molecule has 0 heterocycles. The maximum atomic E-state index is 10.8. The molecule has 0 aromatic rings. The minimum Gasteiger partial charge on any atom is -0.480 e. The van der Waals surface area contributed by atoms with E-state index in [-0.39, 0.29) is 0 Å². The Morgan fingerprint density at radius 1 is 1.38 bits per heavy atom. The fourth-order valence-electron chi connectivity index (χ4n) is 1.91. The monoisotopic (exact) mass is 245 g/mol. The van der Waals surface area contributed by atoms with Gasteiger partial charge in [0.1, 0.15) is 6.04 Å². The quantitative estimate of drug-likeness (QED) is 0.551. The van der Waals surface area contributed by atoms with Crippen molar-refractivity contribution >= 4 is 24.1 Å². The third-order valence-corrected chi connectivity index (χ3v) is 4.34. The minimum absolute atomic E-state index is 0.465. The molecule has 0 aliphatic heterocycles. The largest absolute Gasteiger partial charge is 0.480 e. The van der Waals surface area contributed by atoms with Gasteiger partial charge >= 0.3 is 5.97 Å². The number of carboxylic acid groups (broad SMARTS) is 1. The highest BCUT2D eigenvalue weighted by molar-refractivity contribution is 7.99. The zero-order valence-electron chi connectivity index (χ0n) is 9.35. The molecule has 16 heavy (non-hydrogen) atoms. The van der Waals surface area contributed by atoms with Crippen LogP contribution >= 0.6 is 11.8 Å². The van der Waals surface area contributed by atoms with Crippen LogP contribution < -0.4 is 5.32 Å². The highest BCUT2D eigenvalue weighted by atomic mass is 32.2. The van der Waals surface area contributed by atoms with E-state index in [1.165, 1.54) is 38.5 Å². The summed E-state index contributed by atoms with van der Waals surface area (Å²) in [6.45, 7) is 0. The lowest BCUT2D eigenvalue weighted by molar-refractivity contribution is -0.139. The Labute approximate surface area is 100 Å². The van der Waals surface area contributed by atoms with Crippen LogP contribution in [0.25, 0.3) is 0 Å². The van der Waals surface area contributed by atoms with Gasteiger partial charge in [-0.15, -0.1) is 0 Å². The molecule has 0 bridgehead atoms. The van der Waals surface area contributed by atoms with Crippen molar-refractivity contribution < 1.29 is 14.7 Å². The Balaban J connectivity index is 2.29. The summed E-state index contributed by atoms with van der Waals surface area (Å²) in [5.74, 6) is -0.480. The van der Waals surface area contributed by atoms with Crippen molar-refractivity contribution in [1.82, 2.24) is 5.32 Å². The van der Waals surface area contributed by atoms with Crippen LogP contribution in [0, 0.1) is 0 Å². The molecule has 1 fully saturated rings. The molecule has 0 radical (unpaired) electrons. The number of carboxylic acids is 1. The Kier molecular flexibility index (Phi) is 6.30. The van der Waals surface area contributed by atoms with Crippen LogP contribution in [0.5, 0.6) is 0 Å². The Morgan fingerprint density at radius 2 is 2.00 bits per heavy atom. The first-order chi connectivity index (χ1) is 7.74. The zero-order valence-corrected chi connectivity index (χ0v) is 10.2. The van der Waals surface area contributed by atoms with E-state index in [2.05, 4.69) is 5.32 Å². The zero-order chi connectivity index (χ0) is 11.8. The molecule has 0 aromatic heterocycles. The molecule has 0 saturated heterocycles. The van der Waals surface area contributed by atoms with Crippen LogP contribution in [0.15, 0.2) is 0 Å². The number of amides is 1. The SMILES string of the molecule is O=CNC(CSC1CCCCCC1)C(=O)O. The molecule has 1 aliphatic rings. The Bertz CT molecular complexity index is 227. The van der Waals surface area contributed by atoms with E-state index in [1.807, 2.05) is 0 Å². The number of rotatable bonds is 6. The molecule has 1 aliphatic carbocycles. The Hall–Kier alpha value is -0.710. The van der Waals surface area contributed by atoms with Gasteiger partial charge in [-0.05, 0) is 12.8 Å². The fraction of sp³-hybridized carbons (Fsp3) is 0.818. The van der Waals surface area contributed by atoms with E-state index < -0.39 is 12.0 Å². The normalized spacial score (nSPS) is 19.8. The topological polar surface area (TPSA) is 66.4 Å². The minimum atomic E-state index is -0.951. The summed E-state index contributed by atoms with van der Waals surface area (Å²) in [4.78, 5) is 21.0. The van der Waals surface area contributed by atoms with Gasteiger partial charge in [-0.2, -0.15) is 11.8 Å². The van der Waals surface area contributed by atoms with Crippen molar-refractivity contribution in [2.45, 2.75) is 49.8 Å². The number of thioether (sulfide) groups is 1. The second-order valence-electron chi connectivity index (χ2n) is 4.12. The van der Waals surface area contributed by atoms with Crippen LogP contribution in [0.3, 0.4) is 0 Å². The number of hydrogen-bond donors (Lipinski definition) is 2. The van der Waals surface area contributed by atoms with Crippen molar-refractivity contribution in [1.29, 1.82) is 0 Å². The van der Waals surface area contributed by atoms with E-state index in [1.54, 1.807) is 11.8 Å². The number of nitrogens with one attached hydrogen (secondary N) is 1. The molecule has 1 saturated carbocycles. The summed E-state index contributed by atoms with van der Waals surface area (Å²) in [5.41, 5.74) is 0. The molecular weight excluding hydrogens is 226 g/mol. The van der Waals surface area contributed by atoms with Gasteiger partial charge in [0.05, 0.1) is 0 Å². The fourth-order valence-corrected chi connectivity index (χ4v) is 3.28. The molecule has 2 N–H and O–H groups in total. The van der Waals surface area contributed by atoms with E-state index in [0.717, 1.165) is 0 Å². The molecule has 5 heteroatoms. The smallest absolute Gasteiger partial charge is 0.327 e. The summed E-state index contributed by atoms with van der Waals surface area (Å²) < 4.78 is 0. The average molecular weight is 245 g/mol. The first-order valence-electron chi connectivity index (χ1n) is 5.78. The van der Waals surface area contributed by atoms with E-state index in [0.29, 0.717) is 17.4 Å². The van der Waals surface area contributed by atoms with E-state index >= 15 is 0 Å². The molecule has 0 aromatic carbocycles. The predicted octanol–water partition coefficient (Wildman–Crippen LogP) is 1.64. The van der Waals surface area contributed by atoms with E-state index in [9.17, 15) is 9.59 Å². The lowest BCUT2D eigenvalue weighted by Gasteiger charge is -2.16. The predicted molar refractivity (Wildman–Crippen MR) is 64.6 cm³/mol. The summed E-state index contributed by atoms with van der Waals surface area (Å²) in [5, 5.41) is 11.8. The third-order valence-electron chi connectivity index (χ3n) is 2.87. The average Bonchev–Trinajstić information content (AvgIpc) is 2.52.